The fourth-order valence-electron chi connectivity index (χ4n) is 3.53. The molecule has 0 saturated carbocycles. The summed E-state index contributed by atoms with van der Waals surface area (Å²) >= 11 is 1.70. The minimum atomic E-state index is 0.0492. The summed E-state index contributed by atoms with van der Waals surface area (Å²) in [6, 6.07) is 16.0. The third kappa shape index (κ3) is 3.62. The van der Waals surface area contributed by atoms with Crippen LogP contribution in [0.15, 0.2) is 53.9 Å². The van der Waals surface area contributed by atoms with Crippen molar-refractivity contribution in [1.82, 2.24) is 0 Å². The summed E-state index contributed by atoms with van der Waals surface area (Å²) in [6.07, 6.45) is 0.599. The average molecular weight is 394 g/mol. The number of carbonyl (C=O) groups excluding carboxylic acids is 1. The van der Waals surface area contributed by atoms with Crippen molar-refractivity contribution in [2.45, 2.75) is 32.3 Å². The van der Waals surface area contributed by atoms with Crippen LogP contribution in [0.4, 0.5) is 5.69 Å². The normalized spacial score (nSPS) is 15.9. The van der Waals surface area contributed by atoms with E-state index in [9.17, 15) is 4.79 Å². The number of nitrogens with one attached hydrogen (secondary N) is 1. The van der Waals surface area contributed by atoms with Gasteiger partial charge in [-0.15, -0.1) is 11.3 Å². The molecule has 1 aliphatic heterocycles. The molecule has 1 N–H and O–H groups in total. The molecule has 144 valence electrons. The third-order valence-electron chi connectivity index (χ3n) is 4.85. The molecule has 1 atom stereocenters. The number of anilines is 1. The number of hydrogen-bond donors (Lipinski definition) is 1. The second kappa shape index (κ2) is 7.68. The Morgan fingerprint density at radius 3 is 2.36 bits per heavy atom. The maximum absolute atomic E-state index is 12.5. The van der Waals surface area contributed by atoms with Gasteiger partial charge in [0.1, 0.15) is 11.5 Å². The average Bonchev–Trinajstić information content (AvgIpc) is 3.11. The Hall–Kier alpha value is -2.79. The van der Waals surface area contributed by atoms with Crippen LogP contribution in [-0.4, -0.2) is 19.1 Å². The Labute approximate surface area is 169 Å². The van der Waals surface area contributed by atoms with Crippen molar-refractivity contribution in [2.24, 2.45) is 0 Å². The molecule has 2 aromatic carbocycles. The molecule has 1 aliphatic rings. The summed E-state index contributed by atoms with van der Waals surface area (Å²) in [6.45, 7) is 4.02. The molecule has 0 aliphatic carbocycles. The first-order chi connectivity index (χ1) is 13.5. The summed E-state index contributed by atoms with van der Waals surface area (Å²) in [7, 11) is 1.66. The van der Waals surface area contributed by atoms with Gasteiger partial charge >= 0.3 is 0 Å². The van der Waals surface area contributed by atoms with Crippen LogP contribution in [0.1, 0.15) is 36.6 Å². The lowest BCUT2D eigenvalue weighted by molar-refractivity contribution is -0.116. The highest BCUT2D eigenvalue weighted by Gasteiger charge is 2.30. The summed E-state index contributed by atoms with van der Waals surface area (Å²) in [5, 5.41) is 5.21. The minimum absolute atomic E-state index is 0.0492. The number of amides is 1. The molecule has 28 heavy (non-hydrogen) atoms. The van der Waals surface area contributed by atoms with E-state index in [0.29, 0.717) is 6.42 Å². The molecule has 1 amide bonds. The Bertz CT molecular complexity index is 974. The molecule has 0 unspecified atom stereocenters. The van der Waals surface area contributed by atoms with Crippen molar-refractivity contribution in [1.29, 1.82) is 0 Å². The van der Waals surface area contributed by atoms with Crippen LogP contribution < -0.4 is 14.8 Å². The van der Waals surface area contributed by atoms with Crippen LogP contribution in [0.3, 0.4) is 0 Å². The first kappa shape index (κ1) is 18.6. The molecule has 5 heteroatoms. The van der Waals surface area contributed by atoms with Gasteiger partial charge in [0.15, 0.2) is 0 Å². The van der Waals surface area contributed by atoms with Crippen molar-refractivity contribution in [3.05, 3.63) is 64.4 Å². The predicted molar refractivity (Wildman–Crippen MR) is 114 cm³/mol. The monoisotopic (exact) mass is 393 g/mol. The van der Waals surface area contributed by atoms with E-state index in [1.807, 2.05) is 50.2 Å². The van der Waals surface area contributed by atoms with Gasteiger partial charge < -0.3 is 14.8 Å². The Balaban J connectivity index is 1.68. The topological polar surface area (TPSA) is 47.6 Å². The SMILES string of the molecule is COc1ccc(-c2csc3c2NC(=O)C[C@H]3c2ccc(OC(C)C)cc2)cc1. The van der Waals surface area contributed by atoms with E-state index < -0.39 is 0 Å². The first-order valence-electron chi connectivity index (χ1n) is 9.37. The van der Waals surface area contributed by atoms with Crippen LogP contribution in [-0.2, 0) is 4.79 Å². The van der Waals surface area contributed by atoms with Crippen LogP contribution in [0.2, 0.25) is 0 Å². The summed E-state index contributed by atoms with van der Waals surface area (Å²) in [5.41, 5.74) is 4.19. The number of benzene rings is 2. The second-order valence-electron chi connectivity index (χ2n) is 7.16. The molecule has 1 aromatic heterocycles. The summed E-state index contributed by atoms with van der Waals surface area (Å²) in [5.74, 6) is 1.78. The van der Waals surface area contributed by atoms with E-state index in [4.69, 9.17) is 9.47 Å². The van der Waals surface area contributed by atoms with Gasteiger partial charge in [-0.3, -0.25) is 4.79 Å². The zero-order valence-electron chi connectivity index (χ0n) is 16.2. The standard InChI is InChI=1S/C23H23NO3S/c1-14(2)27-18-10-6-15(7-11-18)19-12-21(25)24-22-20(13-28-23(19)22)16-4-8-17(26-3)9-5-16/h4-11,13-14,19H,12H2,1-3H3,(H,24,25)/t19-/m0/s1. The predicted octanol–water partition coefficient (Wildman–Crippen LogP) is 5.69. The van der Waals surface area contributed by atoms with Gasteiger partial charge in [-0.2, -0.15) is 0 Å². The quantitative estimate of drug-likeness (QED) is 0.606. The molecule has 0 fully saturated rings. The van der Waals surface area contributed by atoms with E-state index >= 15 is 0 Å². The van der Waals surface area contributed by atoms with E-state index in [1.165, 1.54) is 4.88 Å². The van der Waals surface area contributed by atoms with E-state index in [0.717, 1.165) is 33.9 Å². The van der Waals surface area contributed by atoms with Crippen molar-refractivity contribution < 1.29 is 14.3 Å². The molecule has 4 nitrogen and oxygen atoms in total. The first-order valence-corrected chi connectivity index (χ1v) is 10.3. The smallest absolute Gasteiger partial charge is 0.225 e. The van der Waals surface area contributed by atoms with Crippen molar-refractivity contribution >= 4 is 22.9 Å². The number of methoxy groups -OCH3 is 1. The van der Waals surface area contributed by atoms with E-state index in [1.54, 1.807) is 18.4 Å². The van der Waals surface area contributed by atoms with Gasteiger partial charge in [0.25, 0.3) is 0 Å². The highest BCUT2D eigenvalue weighted by atomic mass is 32.1. The molecule has 0 saturated heterocycles. The van der Waals surface area contributed by atoms with Crippen LogP contribution in [0, 0.1) is 0 Å². The minimum Gasteiger partial charge on any atom is -0.497 e. The molecule has 2 heterocycles. The van der Waals surface area contributed by atoms with Crippen molar-refractivity contribution in [2.75, 3.05) is 12.4 Å². The molecular formula is C23H23NO3S. The number of ether oxygens (including phenoxy) is 2. The number of fused-ring (bicyclic) bond motifs is 1. The highest BCUT2D eigenvalue weighted by molar-refractivity contribution is 7.11. The third-order valence-corrected chi connectivity index (χ3v) is 5.94. The lowest BCUT2D eigenvalue weighted by Gasteiger charge is -2.24. The molecule has 0 bridgehead atoms. The molecule has 3 aromatic rings. The Morgan fingerprint density at radius 1 is 1.04 bits per heavy atom. The lowest BCUT2D eigenvalue weighted by atomic mass is 9.89. The maximum atomic E-state index is 12.5. The molecule has 4 rings (SSSR count). The molecular weight excluding hydrogens is 370 g/mol. The number of rotatable bonds is 5. The Morgan fingerprint density at radius 2 is 1.71 bits per heavy atom. The fraction of sp³-hybridized carbons (Fsp3) is 0.261. The number of thiophene rings is 1. The lowest BCUT2D eigenvalue weighted by Crippen LogP contribution is -2.22. The van der Waals surface area contributed by atoms with Crippen LogP contribution >= 0.6 is 11.3 Å². The van der Waals surface area contributed by atoms with E-state index in [-0.39, 0.29) is 17.9 Å². The van der Waals surface area contributed by atoms with Gasteiger partial charge in [0.05, 0.1) is 18.9 Å². The zero-order valence-corrected chi connectivity index (χ0v) is 17.0. The molecule has 0 radical (unpaired) electrons. The van der Waals surface area contributed by atoms with Crippen molar-refractivity contribution in [3.8, 4) is 22.6 Å². The van der Waals surface area contributed by atoms with Gasteiger partial charge in [0, 0.05) is 28.2 Å². The summed E-state index contributed by atoms with van der Waals surface area (Å²) in [4.78, 5) is 13.6. The van der Waals surface area contributed by atoms with Gasteiger partial charge in [-0.1, -0.05) is 24.3 Å². The Kier molecular flexibility index (Phi) is 5.09. The van der Waals surface area contributed by atoms with Crippen LogP contribution in [0.5, 0.6) is 11.5 Å². The number of carbonyl (C=O) groups is 1. The van der Waals surface area contributed by atoms with Gasteiger partial charge in [-0.25, -0.2) is 0 Å². The zero-order chi connectivity index (χ0) is 19.7. The highest BCUT2D eigenvalue weighted by Crippen LogP contribution is 2.46. The summed E-state index contributed by atoms with van der Waals surface area (Å²) < 4.78 is 11.0. The fourth-order valence-corrected chi connectivity index (χ4v) is 4.69. The largest absolute Gasteiger partial charge is 0.497 e. The van der Waals surface area contributed by atoms with E-state index in [2.05, 4.69) is 22.8 Å². The van der Waals surface area contributed by atoms with Gasteiger partial charge in [-0.05, 0) is 49.2 Å². The van der Waals surface area contributed by atoms with Gasteiger partial charge in [0.2, 0.25) is 5.91 Å². The maximum Gasteiger partial charge on any atom is 0.225 e. The second-order valence-corrected chi connectivity index (χ2v) is 8.07. The van der Waals surface area contributed by atoms with Crippen LogP contribution in [0.25, 0.3) is 11.1 Å². The van der Waals surface area contributed by atoms with Crippen molar-refractivity contribution in [3.63, 3.8) is 0 Å². The molecule has 0 spiro atoms. The number of hydrogen-bond acceptors (Lipinski definition) is 4.